The molecule has 1 aromatic rings. The quantitative estimate of drug-likeness (QED) is 0.845. The van der Waals surface area contributed by atoms with E-state index in [2.05, 4.69) is 5.32 Å². The van der Waals surface area contributed by atoms with Crippen molar-refractivity contribution in [1.82, 2.24) is 10.2 Å². The summed E-state index contributed by atoms with van der Waals surface area (Å²) in [5.74, 6) is -0.606. The molecule has 0 radical (unpaired) electrons. The highest BCUT2D eigenvalue weighted by molar-refractivity contribution is 5.74. The molecule has 2 aliphatic rings. The number of hydrogen-bond acceptors (Lipinski definition) is 2. The second-order valence-corrected chi connectivity index (χ2v) is 6.72. The van der Waals surface area contributed by atoms with Crippen LogP contribution in [0.15, 0.2) is 18.2 Å². The average Bonchev–Trinajstić information content (AvgIpc) is 3.39. The van der Waals surface area contributed by atoms with Crippen LogP contribution in [0.1, 0.15) is 37.3 Å². The third-order valence-corrected chi connectivity index (χ3v) is 4.64. The van der Waals surface area contributed by atoms with Crippen molar-refractivity contribution >= 4 is 6.03 Å². The molecule has 2 saturated carbocycles. The molecule has 2 fully saturated rings. The molecule has 2 atom stereocenters. The van der Waals surface area contributed by atoms with Crippen LogP contribution in [0, 0.1) is 23.5 Å². The molecule has 0 spiro atoms. The maximum absolute atomic E-state index is 14.0. The molecular weight excluding hydrogens is 302 g/mol. The van der Waals surface area contributed by atoms with Gasteiger partial charge >= 0.3 is 6.03 Å². The van der Waals surface area contributed by atoms with Crippen LogP contribution in [0.2, 0.25) is 0 Å². The fraction of sp³-hybridized carbons (Fsp3) is 0.588. The molecule has 2 unspecified atom stereocenters. The van der Waals surface area contributed by atoms with Gasteiger partial charge in [-0.3, -0.25) is 0 Å². The second-order valence-electron chi connectivity index (χ2n) is 6.72. The summed E-state index contributed by atoms with van der Waals surface area (Å²) in [5, 5.41) is 12.7. The first-order chi connectivity index (χ1) is 11.0. The Bertz CT molecular complexity index is 588. The van der Waals surface area contributed by atoms with Gasteiger partial charge in [0.2, 0.25) is 0 Å². The second kappa shape index (κ2) is 6.43. The van der Waals surface area contributed by atoms with Crippen molar-refractivity contribution in [3.05, 3.63) is 35.4 Å². The zero-order chi connectivity index (χ0) is 16.6. The zero-order valence-corrected chi connectivity index (χ0v) is 13.1. The van der Waals surface area contributed by atoms with Gasteiger partial charge in [0.25, 0.3) is 0 Å². The maximum Gasteiger partial charge on any atom is 0.317 e. The first-order valence-corrected chi connectivity index (χ1v) is 8.10. The Morgan fingerprint density at radius 2 is 1.96 bits per heavy atom. The summed E-state index contributed by atoms with van der Waals surface area (Å²) in [6.45, 7) is 0.250. The number of benzene rings is 1. The number of nitrogens with zero attached hydrogens (tertiary/aromatic N) is 1. The summed E-state index contributed by atoms with van der Waals surface area (Å²) < 4.78 is 27.4. The minimum atomic E-state index is -0.529. The lowest BCUT2D eigenvalue weighted by Gasteiger charge is -2.25. The van der Waals surface area contributed by atoms with Crippen molar-refractivity contribution in [1.29, 1.82) is 0 Å². The van der Waals surface area contributed by atoms with Crippen LogP contribution in [-0.2, 0) is 0 Å². The van der Waals surface area contributed by atoms with E-state index in [0.29, 0.717) is 0 Å². The highest BCUT2D eigenvalue weighted by Crippen LogP contribution is 2.42. The van der Waals surface area contributed by atoms with Gasteiger partial charge in [-0.25, -0.2) is 13.6 Å². The molecule has 4 nitrogen and oxygen atoms in total. The van der Waals surface area contributed by atoms with Gasteiger partial charge in [-0.1, -0.05) is 0 Å². The molecular formula is C17H22F2N2O2. The summed E-state index contributed by atoms with van der Waals surface area (Å²) in [5.41, 5.74) is 0.192. The van der Waals surface area contributed by atoms with Crippen LogP contribution in [-0.4, -0.2) is 35.7 Å². The highest BCUT2D eigenvalue weighted by Gasteiger charge is 2.36. The fourth-order valence-corrected chi connectivity index (χ4v) is 2.87. The number of nitrogens with one attached hydrogen (secondary N) is 1. The number of rotatable bonds is 6. The van der Waals surface area contributed by atoms with Gasteiger partial charge in [-0.2, -0.15) is 0 Å². The van der Waals surface area contributed by atoms with Gasteiger partial charge < -0.3 is 15.3 Å². The molecule has 6 heteroatoms. The van der Waals surface area contributed by atoms with Crippen molar-refractivity contribution in [2.45, 2.75) is 37.8 Å². The van der Waals surface area contributed by atoms with Gasteiger partial charge in [0, 0.05) is 19.2 Å². The van der Waals surface area contributed by atoms with E-state index in [4.69, 9.17) is 0 Å². The lowest BCUT2D eigenvalue weighted by Crippen LogP contribution is -2.43. The van der Waals surface area contributed by atoms with E-state index in [-0.39, 0.29) is 30.0 Å². The predicted molar refractivity (Wildman–Crippen MR) is 81.7 cm³/mol. The van der Waals surface area contributed by atoms with Crippen molar-refractivity contribution < 1.29 is 18.7 Å². The first kappa shape index (κ1) is 16.2. The number of urea groups is 1. The zero-order valence-electron chi connectivity index (χ0n) is 13.1. The predicted octanol–water partition coefficient (Wildman–Crippen LogP) is 2.83. The van der Waals surface area contributed by atoms with Crippen LogP contribution >= 0.6 is 0 Å². The lowest BCUT2D eigenvalue weighted by molar-refractivity contribution is 0.112. The van der Waals surface area contributed by atoms with Gasteiger partial charge in [0.05, 0.1) is 12.1 Å². The van der Waals surface area contributed by atoms with Gasteiger partial charge in [0.15, 0.2) is 0 Å². The molecule has 23 heavy (non-hydrogen) atoms. The van der Waals surface area contributed by atoms with Crippen LogP contribution in [0.4, 0.5) is 13.6 Å². The van der Waals surface area contributed by atoms with Gasteiger partial charge in [-0.15, -0.1) is 0 Å². The number of aliphatic hydroxyl groups excluding tert-OH is 1. The SMILES string of the molecule is CN(CC(O)C1CC1)C(=O)NC(c1cc(F)ccc1F)C1CC1. The number of carbonyl (C=O) groups is 1. The monoisotopic (exact) mass is 324 g/mol. The molecule has 126 valence electrons. The molecule has 0 saturated heterocycles. The Balaban J connectivity index is 1.67. The van der Waals surface area contributed by atoms with Crippen LogP contribution in [0.25, 0.3) is 0 Å². The van der Waals surface area contributed by atoms with Gasteiger partial charge in [-0.05, 0) is 55.7 Å². The van der Waals surface area contributed by atoms with E-state index in [0.717, 1.165) is 43.9 Å². The summed E-state index contributed by atoms with van der Waals surface area (Å²) in [7, 11) is 1.60. The molecule has 0 aliphatic heterocycles. The highest BCUT2D eigenvalue weighted by atomic mass is 19.1. The van der Waals surface area contributed by atoms with Crippen molar-refractivity contribution in [3.63, 3.8) is 0 Å². The molecule has 2 N–H and O–H groups in total. The third-order valence-electron chi connectivity index (χ3n) is 4.64. The smallest absolute Gasteiger partial charge is 0.317 e. The summed E-state index contributed by atoms with van der Waals surface area (Å²) in [6, 6.07) is 2.41. The van der Waals surface area contributed by atoms with E-state index in [9.17, 15) is 18.7 Å². The fourth-order valence-electron chi connectivity index (χ4n) is 2.87. The minimum Gasteiger partial charge on any atom is -0.391 e. The lowest BCUT2D eigenvalue weighted by atomic mass is 10.0. The number of carbonyl (C=O) groups excluding carboxylic acids is 1. The number of hydrogen-bond donors (Lipinski definition) is 2. The van der Waals surface area contributed by atoms with E-state index in [1.807, 2.05) is 0 Å². The average molecular weight is 324 g/mol. The molecule has 1 aromatic carbocycles. The Kier molecular flexibility index (Phi) is 4.53. The maximum atomic E-state index is 14.0. The third kappa shape index (κ3) is 3.99. The Hall–Kier alpha value is -1.69. The summed E-state index contributed by atoms with van der Waals surface area (Å²) >= 11 is 0. The topological polar surface area (TPSA) is 52.6 Å². The number of amides is 2. The van der Waals surface area contributed by atoms with Crippen molar-refractivity contribution in [2.75, 3.05) is 13.6 Å². The minimum absolute atomic E-state index is 0.136. The summed E-state index contributed by atoms with van der Waals surface area (Å²) in [6.07, 6.45) is 3.24. The number of halogens is 2. The Morgan fingerprint density at radius 3 is 2.57 bits per heavy atom. The number of likely N-dealkylation sites (N-methyl/N-ethyl adjacent to an activating group) is 1. The van der Waals surface area contributed by atoms with E-state index < -0.39 is 23.8 Å². The normalized spacial score (nSPS) is 20.0. The van der Waals surface area contributed by atoms with E-state index >= 15 is 0 Å². The molecule has 0 aromatic heterocycles. The largest absolute Gasteiger partial charge is 0.391 e. The molecule has 2 amide bonds. The standard InChI is InChI=1S/C17H22F2N2O2/c1-21(9-15(22)10-2-3-10)17(23)20-16(11-4-5-11)13-8-12(18)6-7-14(13)19/h6-8,10-11,15-16,22H,2-5,9H2,1H3,(H,20,23). The first-order valence-electron chi connectivity index (χ1n) is 8.10. The van der Waals surface area contributed by atoms with E-state index in [1.165, 1.54) is 4.90 Å². The van der Waals surface area contributed by atoms with Crippen molar-refractivity contribution in [3.8, 4) is 0 Å². The molecule has 3 rings (SSSR count). The van der Waals surface area contributed by atoms with Crippen LogP contribution < -0.4 is 5.32 Å². The van der Waals surface area contributed by atoms with Crippen LogP contribution in [0.3, 0.4) is 0 Å². The Morgan fingerprint density at radius 1 is 1.30 bits per heavy atom. The summed E-state index contributed by atoms with van der Waals surface area (Å²) in [4.78, 5) is 13.7. The van der Waals surface area contributed by atoms with E-state index in [1.54, 1.807) is 7.05 Å². The van der Waals surface area contributed by atoms with Crippen molar-refractivity contribution in [2.24, 2.45) is 11.8 Å². The molecule has 2 aliphatic carbocycles. The Labute approximate surface area is 134 Å². The van der Waals surface area contributed by atoms with Gasteiger partial charge in [0.1, 0.15) is 11.6 Å². The van der Waals surface area contributed by atoms with Crippen LogP contribution in [0.5, 0.6) is 0 Å². The molecule has 0 bridgehead atoms. The molecule has 0 heterocycles. The number of aliphatic hydroxyl groups is 1.